The lowest BCUT2D eigenvalue weighted by Crippen LogP contribution is -2.32. The number of carbonyl (C=O) groups is 1. The largest absolute Gasteiger partial charge is 0.480 e. The third kappa shape index (κ3) is 1.48. The van der Waals surface area contributed by atoms with Crippen molar-refractivity contribution in [2.24, 2.45) is 7.05 Å². The van der Waals surface area contributed by atoms with Crippen LogP contribution in [0.4, 0.5) is 0 Å². The summed E-state index contributed by atoms with van der Waals surface area (Å²) in [6.07, 6.45) is 3.14. The lowest BCUT2D eigenvalue weighted by molar-refractivity contribution is -0.139. The highest BCUT2D eigenvalue weighted by atomic mass is 16.4. The molecule has 2 rings (SSSR count). The molecule has 14 heavy (non-hydrogen) atoms. The monoisotopic (exact) mass is 196 g/mol. The molecule has 6 nitrogen and oxygen atoms in total. The van der Waals surface area contributed by atoms with Crippen LogP contribution in [0, 0.1) is 0 Å². The fraction of sp³-hybridized carbons (Fsp3) is 0.625. The molecule has 0 amide bonds. The molecule has 0 aliphatic carbocycles. The van der Waals surface area contributed by atoms with E-state index in [0.717, 1.165) is 12.1 Å². The van der Waals surface area contributed by atoms with E-state index in [-0.39, 0.29) is 6.04 Å². The number of nitrogens with zero attached hydrogens (tertiary/aromatic N) is 3. The zero-order valence-electron chi connectivity index (χ0n) is 7.84. The fourth-order valence-electron chi connectivity index (χ4n) is 1.78. The number of aliphatic carboxylic acids is 1. The van der Waals surface area contributed by atoms with Gasteiger partial charge in [0.2, 0.25) is 0 Å². The Labute approximate surface area is 80.9 Å². The summed E-state index contributed by atoms with van der Waals surface area (Å²) < 4.78 is 1.67. The van der Waals surface area contributed by atoms with Crippen LogP contribution in [0.5, 0.6) is 0 Å². The predicted octanol–water partition coefficient (Wildman–Crippen LogP) is -0.307. The molecule has 2 unspecified atom stereocenters. The maximum atomic E-state index is 10.7. The van der Waals surface area contributed by atoms with Crippen LogP contribution in [-0.4, -0.2) is 32.1 Å². The minimum atomic E-state index is -0.789. The Kier molecular flexibility index (Phi) is 2.20. The van der Waals surface area contributed by atoms with Crippen LogP contribution >= 0.6 is 0 Å². The third-order valence-corrected chi connectivity index (χ3v) is 2.55. The van der Waals surface area contributed by atoms with Crippen LogP contribution in [-0.2, 0) is 11.8 Å². The van der Waals surface area contributed by atoms with Gasteiger partial charge >= 0.3 is 5.97 Å². The number of aromatic nitrogens is 3. The van der Waals surface area contributed by atoms with E-state index in [4.69, 9.17) is 5.11 Å². The Morgan fingerprint density at radius 3 is 3.00 bits per heavy atom. The summed E-state index contributed by atoms with van der Waals surface area (Å²) in [7, 11) is 1.80. The summed E-state index contributed by atoms with van der Waals surface area (Å²) in [6, 6.07) is -0.369. The summed E-state index contributed by atoms with van der Waals surface area (Å²) in [5.74, 6) is -0.789. The highest BCUT2D eigenvalue weighted by Gasteiger charge is 2.31. The molecule has 0 radical (unpaired) electrons. The normalized spacial score (nSPS) is 26.6. The van der Waals surface area contributed by atoms with E-state index < -0.39 is 12.0 Å². The molecule has 1 saturated heterocycles. The average Bonchev–Trinajstić information content (AvgIpc) is 2.71. The number of nitrogens with one attached hydrogen (secondary N) is 1. The van der Waals surface area contributed by atoms with Gasteiger partial charge in [0.05, 0.1) is 17.9 Å². The molecule has 76 valence electrons. The molecule has 2 heterocycles. The average molecular weight is 196 g/mol. The summed E-state index contributed by atoms with van der Waals surface area (Å²) in [5, 5.41) is 19.4. The van der Waals surface area contributed by atoms with Crippen LogP contribution in [0.2, 0.25) is 0 Å². The molecule has 1 aliphatic heterocycles. The quantitative estimate of drug-likeness (QED) is 0.678. The van der Waals surface area contributed by atoms with E-state index in [2.05, 4.69) is 15.6 Å². The number of carboxylic acid groups (broad SMARTS) is 1. The Morgan fingerprint density at radius 2 is 2.50 bits per heavy atom. The minimum Gasteiger partial charge on any atom is -0.480 e. The van der Waals surface area contributed by atoms with Gasteiger partial charge in [-0.2, -0.15) is 0 Å². The van der Waals surface area contributed by atoms with Crippen LogP contribution < -0.4 is 5.32 Å². The molecule has 6 heteroatoms. The molecule has 0 bridgehead atoms. The maximum absolute atomic E-state index is 10.7. The molecular weight excluding hydrogens is 184 g/mol. The topological polar surface area (TPSA) is 80.0 Å². The van der Waals surface area contributed by atoms with Gasteiger partial charge in [-0.05, 0) is 12.8 Å². The highest BCUT2D eigenvalue weighted by Crippen LogP contribution is 2.25. The van der Waals surface area contributed by atoms with Crippen LogP contribution in [0.3, 0.4) is 0 Å². The van der Waals surface area contributed by atoms with Gasteiger partial charge in [-0.15, -0.1) is 5.10 Å². The predicted molar refractivity (Wildman–Crippen MR) is 47.5 cm³/mol. The minimum absolute atomic E-state index is 0.0658. The Morgan fingerprint density at radius 1 is 1.71 bits per heavy atom. The van der Waals surface area contributed by atoms with Crippen molar-refractivity contribution in [3.8, 4) is 0 Å². The first-order valence-corrected chi connectivity index (χ1v) is 4.52. The van der Waals surface area contributed by atoms with Gasteiger partial charge in [0.25, 0.3) is 0 Å². The van der Waals surface area contributed by atoms with Gasteiger partial charge in [0, 0.05) is 7.05 Å². The second-order valence-corrected chi connectivity index (χ2v) is 3.47. The first-order chi connectivity index (χ1) is 6.68. The van der Waals surface area contributed by atoms with Gasteiger partial charge in [-0.1, -0.05) is 5.21 Å². The second kappa shape index (κ2) is 3.38. The zero-order valence-corrected chi connectivity index (χ0v) is 7.84. The summed E-state index contributed by atoms with van der Waals surface area (Å²) >= 11 is 0. The van der Waals surface area contributed by atoms with Crippen molar-refractivity contribution in [1.82, 2.24) is 20.3 Å². The van der Waals surface area contributed by atoms with E-state index >= 15 is 0 Å². The number of aryl methyl sites for hydroxylation is 1. The van der Waals surface area contributed by atoms with Crippen molar-refractivity contribution < 1.29 is 9.90 Å². The molecule has 1 fully saturated rings. The fourth-order valence-corrected chi connectivity index (χ4v) is 1.78. The molecule has 0 aromatic carbocycles. The SMILES string of the molecule is Cn1nncc1C1CCC(C(=O)O)N1. The standard InChI is InChI=1S/C8H12N4O2/c1-12-7(4-9-11-12)5-2-3-6(10-5)8(13)14/h4-6,10H,2-3H2,1H3,(H,13,14). The Bertz CT molecular complexity index is 349. The lowest BCUT2D eigenvalue weighted by Gasteiger charge is -2.10. The zero-order chi connectivity index (χ0) is 10.1. The van der Waals surface area contributed by atoms with Crippen molar-refractivity contribution in [2.75, 3.05) is 0 Å². The van der Waals surface area contributed by atoms with Gasteiger partial charge < -0.3 is 5.11 Å². The van der Waals surface area contributed by atoms with Crippen molar-refractivity contribution in [3.63, 3.8) is 0 Å². The third-order valence-electron chi connectivity index (χ3n) is 2.55. The highest BCUT2D eigenvalue weighted by molar-refractivity contribution is 5.73. The van der Waals surface area contributed by atoms with Crippen molar-refractivity contribution in [3.05, 3.63) is 11.9 Å². The molecule has 2 atom stereocenters. The van der Waals surface area contributed by atoms with Crippen molar-refractivity contribution in [1.29, 1.82) is 0 Å². The van der Waals surface area contributed by atoms with Crippen LogP contribution in [0.1, 0.15) is 24.6 Å². The number of rotatable bonds is 2. The van der Waals surface area contributed by atoms with Gasteiger partial charge in [-0.25, -0.2) is 0 Å². The molecule has 0 saturated carbocycles. The first kappa shape index (κ1) is 9.14. The summed E-state index contributed by atoms with van der Waals surface area (Å²) in [6.45, 7) is 0. The van der Waals surface area contributed by atoms with E-state index in [1.807, 2.05) is 0 Å². The van der Waals surface area contributed by atoms with Gasteiger partial charge in [0.15, 0.2) is 0 Å². The number of carboxylic acids is 1. The summed E-state index contributed by atoms with van der Waals surface area (Å²) in [5.41, 5.74) is 0.939. The van der Waals surface area contributed by atoms with Crippen LogP contribution in [0.15, 0.2) is 6.20 Å². The van der Waals surface area contributed by atoms with E-state index in [0.29, 0.717) is 6.42 Å². The van der Waals surface area contributed by atoms with Gasteiger partial charge in [-0.3, -0.25) is 14.8 Å². The molecule has 1 aromatic rings. The molecule has 0 spiro atoms. The summed E-state index contributed by atoms with van der Waals surface area (Å²) in [4.78, 5) is 10.7. The molecular formula is C8H12N4O2. The molecule has 1 aliphatic rings. The molecule has 1 aromatic heterocycles. The number of hydrogen-bond donors (Lipinski definition) is 2. The smallest absolute Gasteiger partial charge is 0.320 e. The first-order valence-electron chi connectivity index (χ1n) is 4.52. The van der Waals surface area contributed by atoms with Gasteiger partial charge in [0.1, 0.15) is 6.04 Å². The van der Waals surface area contributed by atoms with E-state index in [1.54, 1.807) is 17.9 Å². The van der Waals surface area contributed by atoms with Crippen molar-refractivity contribution >= 4 is 5.97 Å². The maximum Gasteiger partial charge on any atom is 0.320 e. The van der Waals surface area contributed by atoms with E-state index in [1.165, 1.54) is 0 Å². The Balaban J connectivity index is 2.10. The molecule has 2 N–H and O–H groups in total. The lowest BCUT2D eigenvalue weighted by atomic mass is 10.1. The van der Waals surface area contributed by atoms with E-state index in [9.17, 15) is 4.79 Å². The Hall–Kier alpha value is -1.43. The number of hydrogen-bond acceptors (Lipinski definition) is 4. The van der Waals surface area contributed by atoms with Crippen LogP contribution in [0.25, 0.3) is 0 Å². The van der Waals surface area contributed by atoms with Crippen molar-refractivity contribution in [2.45, 2.75) is 24.9 Å². The second-order valence-electron chi connectivity index (χ2n) is 3.47.